The summed E-state index contributed by atoms with van der Waals surface area (Å²) >= 11 is 3.62. The minimum Gasteiger partial charge on any atom is -0.486 e. The molecule has 1 aromatic rings. The van der Waals surface area contributed by atoms with E-state index in [0.717, 1.165) is 42.0 Å². The van der Waals surface area contributed by atoms with Crippen LogP contribution in [0.3, 0.4) is 0 Å². The molecule has 5 heteroatoms. The van der Waals surface area contributed by atoms with Gasteiger partial charge in [0.1, 0.15) is 13.2 Å². The van der Waals surface area contributed by atoms with Crippen LogP contribution in [-0.4, -0.2) is 37.2 Å². The smallest absolute Gasteiger partial charge is 0.162 e. The lowest BCUT2D eigenvalue weighted by molar-refractivity contribution is 0.170. The maximum atomic E-state index is 6.03. The molecule has 0 amide bonds. The van der Waals surface area contributed by atoms with Crippen molar-refractivity contribution in [3.8, 4) is 11.5 Å². The monoisotopic (exact) mass is 326 g/mol. The van der Waals surface area contributed by atoms with E-state index in [4.69, 9.17) is 15.2 Å². The highest BCUT2D eigenvalue weighted by molar-refractivity contribution is 9.10. The van der Waals surface area contributed by atoms with E-state index >= 15 is 0 Å². The highest BCUT2D eigenvalue weighted by Gasteiger charge is 2.20. The molecule has 1 atom stereocenters. The Labute approximate surface area is 122 Å². The van der Waals surface area contributed by atoms with Crippen molar-refractivity contribution in [1.82, 2.24) is 4.90 Å². The fourth-order valence-corrected chi connectivity index (χ4v) is 3.15. The Morgan fingerprint density at radius 1 is 1.26 bits per heavy atom. The van der Waals surface area contributed by atoms with E-state index in [1.165, 1.54) is 12.0 Å². The summed E-state index contributed by atoms with van der Waals surface area (Å²) in [7, 11) is 0. The van der Waals surface area contributed by atoms with Gasteiger partial charge in [-0.25, -0.2) is 0 Å². The number of nitrogens with zero attached hydrogens (tertiary/aromatic N) is 1. The zero-order valence-corrected chi connectivity index (χ0v) is 12.5. The third-order valence-electron chi connectivity index (χ3n) is 3.65. The van der Waals surface area contributed by atoms with Crippen LogP contribution in [0.1, 0.15) is 18.4 Å². The molecule has 0 aromatic heterocycles. The Balaban J connectivity index is 1.76. The number of rotatable bonds is 2. The Kier molecular flexibility index (Phi) is 3.96. The van der Waals surface area contributed by atoms with E-state index in [0.29, 0.717) is 19.3 Å². The van der Waals surface area contributed by atoms with Crippen LogP contribution in [0.5, 0.6) is 11.5 Å². The average Bonchev–Trinajstić information content (AvgIpc) is 2.40. The molecule has 2 heterocycles. The average molecular weight is 327 g/mol. The lowest BCUT2D eigenvalue weighted by Gasteiger charge is -2.31. The fraction of sp³-hybridized carbons (Fsp3) is 0.571. The van der Waals surface area contributed by atoms with E-state index < -0.39 is 0 Å². The second-order valence-electron chi connectivity index (χ2n) is 5.22. The summed E-state index contributed by atoms with van der Waals surface area (Å²) in [5.41, 5.74) is 7.26. The molecule has 104 valence electrons. The number of benzene rings is 1. The molecule has 2 aliphatic heterocycles. The molecule has 0 saturated carbocycles. The number of likely N-dealkylation sites (tertiary alicyclic amines) is 1. The molecular weight excluding hydrogens is 308 g/mol. The minimum absolute atomic E-state index is 0.310. The lowest BCUT2D eigenvalue weighted by atomic mass is 10.1. The second kappa shape index (κ2) is 5.69. The quantitative estimate of drug-likeness (QED) is 0.904. The molecule has 0 unspecified atom stereocenters. The van der Waals surface area contributed by atoms with Gasteiger partial charge in [0.05, 0.1) is 0 Å². The molecule has 19 heavy (non-hydrogen) atoms. The standard InChI is InChI=1S/C14H19BrN2O2/c15-12-7-14-13(18-4-5-19-14)6-10(12)8-17-3-1-2-11(16)9-17/h6-7,11H,1-5,8-9,16H2/t11-/m1/s1. The van der Waals surface area contributed by atoms with Gasteiger partial charge in [-0.2, -0.15) is 0 Å². The van der Waals surface area contributed by atoms with Gasteiger partial charge in [0, 0.05) is 23.6 Å². The second-order valence-corrected chi connectivity index (χ2v) is 6.08. The van der Waals surface area contributed by atoms with Crippen LogP contribution in [0, 0.1) is 0 Å². The predicted octanol–water partition coefficient (Wildman–Crippen LogP) is 2.14. The molecule has 1 aromatic carbocycles. The zero-order chi connectivity index (χ0) is 13.2. The van der Waals surface area contributed by atoms with Crippen LogP contribution in [0.4, 0.5) is 0 Å². The third kappa shape index (κ3) is 3.04. The van der Waals surface area contributed by atoms with Gasteiger partial charge in [-0.1, -0.05) is 15.9 Å². The fourth-order valence-electron chi connectivity index (χ4n) is 2.70. The van der Waals surface area contributed by atoms with Crippen molar-refractivity contribution in [3.05, 3.63) is 22.2 Å². The van der Waals surface area contributed by atoms with Crippen LogP contribution in [0.15, 0.2) is 16.6 Å². The summed E-state index contributed by atoms with van der Waals surface area (Å²) in [5, 5.41) is 0. The number of nitrogens with two attached hydrogens (primary N) is 1. The Hall–Kier alpha value is -0.780. The summed E-state index contributed by atoms with van der Waals surface area (Å²) < 4.78 is 12.3. The molecular formula is C14H19BrN2O2. The highest BCUT2D eigenvalue weighted by Crippen LogP contribution is 2.36. The van der Waals surface area contributed by atoms with Crippen molar-refractivity contribution < 1.29 is 9.47 Å². The normalized spacial score (nSPS) is 23.4. The Morgan fingerprint density at radius 3 is 2.74 bits per heavy atom. The van der Waals surface area contributed by atoms with Crippen LogP contribution < -0.4 is 15.2 Å². The number of piperidine rings is 1. The van der Waals surface area contributed by atoms with E-state index in [1.807, 2.05) is 6.07 Å². The van der Waals surface area contributed by atoms with Crippen molar-refractivity contribution in [2.75, 3.05) is 26.3 Å². The van der Waals surface area contributed by atoms with E-state index in [9.17, 15) is 0 Å². The first kappa shape index (κ1) is 13.2. The SMILES string of the molecule is N[C@@H]1CCCN(Cc2cc3c(cc2Br)OCCO3)C1. The topological polar surface area (TPSA) is 47.7 Å². The molecule has 0 bridgehead atoms. The van der Waals surface area contributed by atoms with Gasteiger partial charge in [0.2, 0.25) is 0 Å². The van der Waals surface area contributed by atoms with Crippen molar-refractivity contribution in [2.24, 2.45) is 5.73 Å². The predicted molar refractivity (Wildman–Crippen MR) is 77.6 cm³/mol. The third-order valence-corrected chi connectivity index (χ3v) is 4.39. The number of hydrogen-bond donors (Lipinski definition) is 1. The highest BCUT2D eigenvalue weighted by atomic mass is 79.9. The van der Waals surface area contributed by atoms with Crippen molar-refractivity contribution in [1.29, 1.82) is 0 Å². The van der Waals surface area contributed by atoms with Crippen molar-refractivity contribution >= 4 is 15.9 Å². The molecule has 1 saturated heterocycles. The van der Waals surface area contributed by atoms with Gasteiger partial charge in [-0.3, -0.25) is 4.90 Å². The summed E-state index contributed by atoms with van der Waals surface area (Å²) in [4.78, 5) is 2.41. The Bertz CT molecular complexity index is 467. The first-order valence-corrected chi connectivity index (χ1v) is 7.57. The largest absolute Gasteiger partial charge is 0.486 e. The first-order valence-electron chi connectivity index (χ1n) is 6.78. The molecule has 0 spiro atoms. The molecule has 0 aliphatic carbocycles. The summed E-state index contributed by atoms with van der Waals surface area (Å²) in [6.45, 7) is 4.25. The summed E-state index contributed by atoms with van der Waals surface area (Å²) in [6, 6.07) is 4.40. The Morgan fingerprint density at radius 2 is 2.00 bits per heavy atom. The lowest BCUT2D eigenvalue weighted by Crippen LogP contribution is -2.42. The van der Waals surface area contributed by atoms with E-state index in [2.05, 4.69) is 26.9 Å². The molecule has 3 rings (SSSR count). The van der Waals surface area contributed by atoms with Gasteiger partial charge < -0.3 is 15.2 Å². The zero-order valence-electron chi connectivity index (χ0n) is 10.9. The van der Waals surface area contributed by atoms with Crippen molar-refractivity contribution in [3.63, 3.8) is 0 Å². The van der Waals surface area contributed by atoms with Crippen LogP contribution in [-0.2, 0) is 6.54 Å². The number of fused-ring (bicyclic) bond motifs is 1. The van der Waals surface area contributed by atoms with Crippen molar-refractivity contribution in [2.45, 2.75) is 25.4 Å². The molecule has 4 nitrogen and oxygen atoms in total. The first-order chi connectivity index (χ1) is 9.22. The maximum absolute atomic E-state index is 6.03. The van der Waals surface area contributed by atoms with Crippen LogP contribution in [0.2, 0.25) is 0 Å². The summed E-state index contributed by atoms with van der Waals surface area (Å²) in [6.07, 6.45) is 2.32. The molecule has 2 N–H and O–H groups in total. The van der Waals surface area contributed by atoms with E-state index in [-0.39, 0.29) is 0 Å². The van der Waals surface area contributed by atoms with Gasteiger partial charge in [-0.05, 0) is 37.1 Å². The van der Waals surface area contributed by atoms with Crippen LogP contribution >= 0.6 is 15.9 Å². The number of halogens is 1. The van der Waals surface area contributed by atoms with Gasteiger partial charge in [0.15, 0.2) is 11.5 Å². The summed E-state index contributed by atoms with van der Waals surface area (Å²) in [5.74, 6) is 1.68. The number of ether oxygens (including phenoxy) is 2. The number of hydrogen-bond acceptors (Lipinski definition) is 4. The van der Waals surface area contributed by atoms with Crippen LogP contribution in [0.25, 0.3) is 0 Å². The van der Waals surface area contributed by atoms with Gasteiger partial charge >= 0.3 is 0 Å². The molecule has 1 fully saturated rings. The molecule has 2 aliphatic rings. The maximum Gasteiger partial charge on any atom is 0.162 e. The molecule has 0 radical (unpaired) electrons. The minimum atomic E-state index is 0.310. The van der Waals surface area contributed by atoms with Gasteiger partial charge in [-0.15, -0.1) is 0 Å². The van der Waals surface area contributed by atoms with E-state index in [1.54, 1.807) is 0 Å². The van der Waals surface area contributed by atoms with Gasteiger partial charge in [0.25, 0.3) is 0 Å².